The van der Waals surface area contributed by atoms with Crippen molar-refractivity contribution in [2.45, 2.75) is 50.7 Å². The van der Waals surface area contributed by atoms with E-state index in [4.69, 9.17) is 0 Å². The molecule has 0 aromatic carbocycles. The summed E-state index contributed by atoms with van der Waals surface area (Å²) in [5, 5.41) is 6.08. The predicted octanol–water partition coefficient (Wildman–Crippen LogP) is 3.34. The highest BCUT2D eigenvalue weighted by Gasteiger charge is 2.50. The smallest absolute Gasteiger partial charge is 0.350 e. The van der Waals surface area contributed by atoms with E-state index in [0.29, 0.717) is 31.5 Å². The number of halogens is 5. The molecule has 1 aliphatic carbocycles. The lowest BCUT2D eigenvalue weighted by molar-refractivity contribution is -0.158. The molecule has 4 rings (SSSR count). The number of amides is 1. The van der Waals surface area contributed by atoms with Crippen molar-refractivity contribution < 1.29 is 26.7 Å². The Kier molecular flexibility index (Phi) is 4.66. The molecular formula is C18H20F5N5O. The van der Waals surface area contributed by atoms with Gasteiger partial charge >= 0.3 is 6.18 Å². The van der Waals surface area contributed by atoms with Crippen LogP contribution >= 0.6 is 0 Å². The molecule has 1 aliphatic heterocycles. The van der Waals surface area contributed by atoms with E-state index >= 15 is 0 Å². The summed E-state index contributed by atoms with van der Waals surface area (Å²) in [4.78, 5) is 18.3. The predicted molar refractivity (Wildman–Crippen MR) is 94.2 cm³/mol. The molecule has 0 bridgehead atoms. The third-order valence-electron chi connectivity index (χ3n) is 5.33. The van der Waals surface area contributed by atoms with Crippen LogP contribution in [0.5, 0.6) is 0 Å². The van der Waals surface area contributed by atoms with Gasteiger partial charge in [-0.2, -0.15) is 18.3 Å². The zero-order valence-corrected chi connectivity index (χ0v) is 15.6. The molecule has 158 valence electrons. The summed E-state index contributed by atoms with van der Waals surface area (Å²) in [6.07, 6.45) is -2.49. The summed E-state index contributed by atoms with van der Waals surface area (Å²) >= 11 is 0. The van der Waals surface area contributed by atoms with Crippen molar-refractivity contribution in [1.29, 1.82) is 0 Å². The molecule has 2 aromatic rings. The fourth-order valence-corrected chi connectivity index (χ4v) is 3.70. The number of piperidine rings is 1. The van der Waals surface area contributed by atoms with Gasteiger partial charge in [-0.25, -0.2) is 18.3 Å². The average molecular weight is 417 g/mol. The lowest BCUT2D eigenvalue weighted by atomic mass is 10.1. The maximum Gasteiger partial charge on any atom is 0.408 e. The van der Waals surface area contributed by atoms with Crippen molar-refractivity contribution in [3.63, 3.8) is 0 Å². The lowest BCUT2D eigenvalue weighted by Gasteiger charge is -2.33. The van der Waals surface area contributed by atoms with E-state index in [1.165, 1.54) is 9.42 Å². The number of aryl methyl sites for hydroxylation is 1. The topological polar surface area (TPSA) is 62.5 Å². The molecule has 6 nitrogen and oxygen atoms in total. The van der Waals surface area contributed by atoms with Gasteiger partial charge in [-0.3, -0.25) is 4.79 Å². The molecule has 11 heteroatoms. The van der Waals surface area contributed by atoms with Gasteiger partial charge in [0.25, 0.3) is 11.8 Å². The van der Waals surface area contributed by atoms with Crippen molar-refractivity contribution in [2.24, 2.45) is 5.92 Å². The van der Waals surface area contributed by atoms with Gasteiger partial charge in [-0.1, -0.05) is 0 Å². The number of aromatic nitrogens is 3. The average Bonchev–Trinajstić information content (AvgIpc) is 3.35. The quantitative estimate of drug-likeness (QED) is 0.776. The molecule has 1 amide bonds. The van der Waals surface area contributed by atoms with Crippen molar-refractivity contribution in [3.05, 3.63) is 23.5 Å². The van der Waals surface area contributed by atoms with Crippen LogP contribution in [0.3, 0.4) is 0 Å². The Bertz CT molecular complexity index is 937. The molecule has 1 saturated carbocycles. The Morgan fingerprint density at radius 1 is 1.34 bits per heavy atom. The molecule has 3 heterocycles. The third kappa shape index (κ3) is 3.99. The second-order valence-electron chi connectivity index (χ2n) is 7.76. The minimum Gasteiger partial charge on any atom is -0.350 e. The van der Waals surface area contributed by atoms with Gasteiger partial charge in [-0.15, -0.1) is 0 Å². The number of nitrogens with one attached hydrogen (secondary N) is 1. The fourth-order valence-electron chi connectivity index (χ4n) is 3.70. The maximum atomic E-state index is 13.8. The van der Waals surface area contributed by atoms with Crippen LogP contribution < -0.4 is 10.2 Å². The Hall–Kier alpha value is -2.46. The van der Waals surface area contributed by atoms with E-state index < -0.39 is 36.5 Å². The second kappa shape index (κ2) is 6.81. The SMILES string of the molecule is Cc1cc(N2CCCC(F)(F)C2)nc2c(C(=O)NC(C3CC3)C(F)(F)F)cnn12. The lowest BCUT2D eigenvalue weighted by Crippen LogP contribution is -2.47. The summed E-state index contributed by atoms with van der Waals surface area (Å²) < 4.78 is 68.6. The standard InChI is InChI=1S/C18H20F5N5O/c1-10-7-13(27-6-2-5-17(19,20)9-27)25-15-12(8-24-28(10)15)16(29)26-14(11-3-4-11)18(21,22)23/h7-8,11,14H,2-6,9H2,1H3,(H,26,29). The molecule has 2 aromatic heterocycles. The van der Waals surface area contributed by atoms with Gasteiger partial charge in [-0.05, 0) is 32.1 Å². The Balaban J connectivity index is 1.65. The van der Waals surface area contributed by atoms with E-state index in [9.17, 15) is 26.7 Å². The fraction of sp³-hybridized carbons (Fsp3) is 0.611. The van der Waals surface area contributed by atoms with Crippen LogP contribution in [-0.2, 0) is 0 Å². The monoisotopic (exact) mass is 417 g/mol. The zero-order chi connectivity index (χ0) is 21.0. The zero-order valence-electron chi connectivity index (χ0n) is 15.6. The number of hydrogen-bond acceptors (Lipinski definition) is 4. The molecule has 1 N–H and O–H groups in total. The summed E-state index contributed by atoms with van der Waals surface area (Å²) in [5.41, 5.74) is 0.462. The van der Waals surface area contributed by atoms with Crippen LogP contribution in [0.15, 0.2) is 12.3 Å². The second-order valence-corrected chi connectivity index (χ2v) is 7.76. The van der Waals surface area contributed by atoms with Crippen LogP contribution in [-0.4, -0.2) is 51.7 Å². The van der Waals surface area contributed by atoms with E-state index in [0.717, 1.165) is 6.20 Å². The van der Waals surface area contributed by atoms with Crippen molar-refractivity contribution in [1.82, 2.24) is 19.9 Å². The minimum atomic E-state index is -4.55. The number of nitrogens with zero attached hydrogens (tertiary/aromatic N) is 4. The largest absolute Gasteiger partial charge is 0.408 e. The molecule has 1 saturated heterocycles. The van der Waals surface area contributed by atoms with Crippen LogP contribution in [0, 0.1) is 12.8 Å². The molecule has 0 radical (unpaired) electrons. The molecule has 2 aliphatic rings. The van der Waals surface area contributed by atoms with E-state index in [1.807, 2.05) is 0 Å². The number of rotatable bonds is 4. The number of fused-ring (bicyclic) bond motifs is 1. The van der Waals surface area contributed by atoms with E-state index in [1.54, 1.807) is 13.0 Å². The highest BCUT2D eigenvalue weighted by molar-refractivity contribution is 6.00. The summed E-state index contributed by atoms with van der Waals surface area (Å²) in [6, 6.07) is -0.346. The number of carbonyl (C=O) groups excluding carboxylic acids is 1. The van der Waals surface area contributed by atoms with Gasteiger partial charge < -0.3 is 10.2 Å². The molecular weight excluding hydrogens is 397 g/mol. The number of hydrogen-bond donors (Lipinski definition) is 1. The van der Waals surface area contributed by atoms with Crippen LogP contribution in [0.1, 0.15) is 41.7 Å². The first-order chi connectivity index (χ1) is 13.5. The van der Waals surface area contributed by atoms with Gasteiger partial charge in [0.2, 0.25) is 0 Å². The molecule has 1 atom stereocenters. The van der Waals surface area contributed by atoms with E-state index in [-0.39, 0.29) is 23.4 Å². The Morgan fingerprint density at radius 3 is 2.69 bits per heavy atom. The molecule has 29 heavy (non-hydrogen) atoms. The van der Waals surface area contributed by atoms with Gasteiger partial charge in [0.15, 0.2) is 5.65 Å². The van der Waals surface area contributed by atoms with Crippen molar-refractivity contribution in [2.75, 3.05) is 18.0 Å². The van der Waals surface area contributed by atoms with Crippen LogP contribution in [0.2, 0.25) is 0 Å². The van der Waals surface area contributed by atoms with Crippen molar-refractivity contribution in [3.8, 4) is 0 Å². The van der Waals surface area contributed by atoms with Crippen LogP contribution in [0.4, 0.5) is 27.8 Å². The number of anilines is 1. The first-order valence-corrected chi connectivity index (χ1v) is 9.41. The Morgan fingerprint density at radius 2 is 2.07 bits per heavy atom. The molecule has 0 spiro atoms. The van der Waals surface area contributed by atoms with Gasteiger partial charge in [0.05, 0.1) is 12.7 Å². The Labute approximate surface area is 163 Å². The first kappa shape index (κ1) is 19.8. The minimum absolute atomic E-state index is 0.0445. The van der Waals surface area contributed by atoms with E-state index in [2.05, 4.69) is 15.4 Å². The third-order valence-corrected chi connectivity index (χ3v) is 5.33. The number of carbonyl (C=O) groups is 1. The van der Waals surface area contributed by atoms with Crippen LogP contribution in [0.25, 0.3) is 5.65 Å². The summed E-state index contributed by atoms with van der Waals surface area (Å²) in [6.45, 7) is 1.55. The van der Waals surface area contributed by atoms with Gasteiger partial charge in [0, 0.05) is 24.7 Å². The highest BCUT2D eigenvalue weighted by atomic mass is 19.4. The summed E-state index contributed by atoms with van der Waals surface area (Å²) in [5.74, 6) is -4.15. The maximum absolute atomic E-state index is 13.8. The molecule has 1 unspecified atom stereocenters. The highest BCUT2D eigenvalue weighted by Crippen LogP contribution is 2.40. The first-order valence-electron chi connectivity index (χ1n) is 9.41. The summed E-state index contributed by atoms with van der Waals surface area (Å²) in [7, 11) is 0. The number of alkyl halides is 5. The molecule has 2 fully saturated rings. The van der Waals surface area contributed by atoms with Gasteiger partial charge in [0.1, 0.15) is 17.4 Å². The van der Waals surface area contributed by atoms with Crippen molar-refractivity contribution >= 4 is 17.4 Å². The normalized spacial score (nSPS) is 20.7.